The highest BCUT2D eigenvalue weighted by molar-refractivity contribution is 5.57. The number of hydrogen-bond donors (Lipinski definition) is 2. The smallest absolute Gasteiger partial charge is 0.142 e. The van der Waals surface area contributed by atoms with Gasteiger partial charge in [0.1, 0.15) is 5.82 Å². The molecule has 4 nitrogen and oxygen atoms in total. The van der Waals surface area contributed by atoms with Crippen molar-refractivity contribution in [2.45, 2.75) is 6.54 Å². The van der Waals surface area contributed by atoms with Gasteiger partial charge in [0.2, 0.25) is 0 Å². The Balaban J connectivity index is 2.31. The summed E-state index contributed by atoms with van der Waals surface area (Å²) in [7, 11) is 1.88. The van der Waals surface area contributed by atoms with E-state index >= 15 is 0 Å². The molecule has 0 saturated carbocycles. The van der Waals surface area contributed by atoms with E-state index in [9.17, 15) is 0 Å². The van der Waals surface area contributed by atoms with Gasteiger partial charge in [0.15, 0.2) is 0 Å². The Morgan fingerprint density at radius 1 is 1.43 bits per heavy atom. The Bertz CT molecular complexity index is 394. The fourth-order valence-corrected chi connectivity index (χ4v) is 1.29. The van der Waals surface area contributed by atoms with Gasteiger partial charge in [-0.1, -0.05) is 0 Å². The monoisotopic (exact) mass is 188 g/mol. The van der Waals surface area contributed by atoms with Crippen LogP contribution in [0, 0.1) is 0 Å². The van der Waals surface area contributed by atoms with Crippen LogP contribution in [0.25, 0.3) is 11.3 Å². The van der Waals surface area contributed by atoms with E-state index in [0.717, 1.165) is 17.1 Å². The largest absolute Gasteiger partial charge is 0.367 e. The molecule has 0 aromatic carbocycles. The zero-order valence-corrected chi connectivity index (χ0v) is 7.99. The van der Waals surface area contributed by atoms with Gasteiger partial charge in [-0.25, -0.2) is 9.97 Å². The average molecular weight is 188 g/mol. The molecule has 2 aromatic rings. The van der Waals surface area contributed by atoms with Gasteiger partial charge in [-0.2, -0.15) is 0 Å². The molecule has 0 radical (unpaired) electrons. The van der Waals surface area contributed by atoms with Crippen molar-refractivity contribution in [3.63, 3.8) is 0 Å². The second-order valence-corrected chi connectivity index (χ2v) is 2.99. The number of nitrogens with zero attached hydrogens (tertiary/aromatic N) is 2. The number of rotatable bonds is 3. The first kappa shape index (κ1) is 8.90. The molecule has 0 aliphatic heterocycles. The molecule has 2 rings (SSSR count). The summed E-state index contributed by atoms with van der Waals surface area (Å²) in [6, 6.07) is 3.90. The summed E-state index contributed by atoms with van der Waals surface area (Å²) in [6.07, 6.45) is 5.59. The molecule has 0 fully saturated rings. The molecule has 2 heterocycles. The Kier molecular flexibility index (Phi) is 2.55. The Morgan fingerprint density at radius 2 is 2.36 bits per heavy atom. The average Bonchev–Trinajstić information content (AvgIpc) is 2.71. The van der Waals surface area contributed by atoms with Crippen molar-refractivity contribution in [3.8, 4) is 11.3 Å². The van der Waals surface area contributed by atoms with E-state index in [1.54, 1.807) is 6.20 Å². The number of H-pyrrole nitrogens is 1. The lowest BCUT2D eigenvalue weighted by molar-refractivity contribution is 0.759. The predicted octanol–water partition coefficient (Wildman–Crippen LogP) is 1.19. The van der Waals surface area contributed by atoms with Crippen LogP contribution in [0.2, 0.25) is 0 Å². The van der Waals surface area contributed by atoms with Crippen molar-refractivity contribution in [3.05, 3.63) is 36.5 Å². The van der Waals surface area contributed by atoms with Crippen LogP contribution in [0.5, 0.6) is 0 Å². The maximum atomic E-state index is 4.41. The molecule has 2 N–H and O–H groups in total. The van der Waals surface area contributed by atoms with Crippen LogP contribution in [-0.2, 0) is 6.54 Å². The molecule has 14 heavy (non-hydrogen) atoms. The third kappa shape index (κ3) is 1.80. The molecule has 2 aromatic heterocycles. The summed E-state index contributed by atoms with van der Waals surface area (Å²) in [6.45, 7) is 0.693. The van der Waals surface area contributed by atoms with Crippen molar-refractivity contribution in [2.24, 2.45) is 0 Å². The lowest BCUT2D eigenvalue weighted by Gasteiger charge is -2.00. The summed E-state index contributed by atoms with van der Waals surface area (Å²) >= 11 is 0. The van der Waals surface area contributed by atoms with E-state index in [1.165, 1.54) is 0 Å². The third-order valence-electron chi connectivity index (χ3n) is 1.93. The van der Waals surface area contributed by atoms with Gasteiger partial charge >= 0.3 is 0 Å². The van der Waals surface area contributed by atoms with Crippen LogP contribution in [0.15, 0.2) is 30.7 Å². The van der Waals surface area contributed by atoms with Crippen molar-refractivity contribution in [1.82, 2.24) is 20.3 Å². The van der Waals surface area contributed by atoms with E-state index < -0.39 is 0 Å². The first-order valence-corrected chi connectivity index (χ1v) is 4.50. The third-order valence-corrected chi connectivity index (χ3v) is 1.93. The minimum Gasteiger partial charge on any atom is -0.367 e. The summed E-state index contributed by atoms with van der Waals surface area (Å²) in [4.78, 5) is 11.6. The number of aromatic amines is 1. The van der Waals surface area contributed by atoms with Gasteiger partial charge in [0, 0.05) is 24.2 Å². The molecule has 0 atom stereocenters. The highest BCUT2D eigenvalue weighted by Crippen LogP contribution is 2.14. The number of aromatic nitrogens is 3. The second-order valence-electron chi connectivity index (χ2n) is 2.99. The second kappa shape index (κ2) is 4.02. The fourth-order valence-electron chi connectivity index (χ4n) is 1.29. The van der Waals surface area contributed by atoms with Crippen LogP contribution < -0.4 is 5.32 Å². The first-order chi connectivity index (χ1) is 6.90. The molecular weight excluding hydrogens is 176 g/mol. The summed E-state index contributed by atoms with van der Waals surface area (Å²) in [5.41, 5.74) is 2.04. The summed E-state index contributed by atoms with van der Waals surface area (Å²) < 4.78 is 0. The van der Waals surface area contributed by atoms with Gasteiger partial charge in [-0.05, 0) is 19.2 Å². The van der Waals surface area contributed by atoms with Crippen LogP contribution in [0.1, 0.15) is 5.82 Å². The van der Waals surface area contributed by atoms with E-state index in [2.05, 4.69) is 20.3 Å². The molecule has 72 valence electrons. The van der Waals surface area contributed by atoms with E-state index in [1.807, 2.05) is 31.6 Å². The molecule has 0 aliphatic carbocycles. The Morgan fingerprint density at radius 3 is 3.07 bits per heavy atom. The van der Waals surface area contributed by atoms with E-state index in [-0.39, 0.29) is 0 Å². The molecule has 4 heteroatoms. The Labute approximate surface area is 82.4 Å². The molecular formula is C10H12N4. The van der Waals surface area contributed by atoms with Gasteiger partial charge in [-0.15, -0.1) is 0 Å². The van der Waals surface area contributed by atoms with Gasteiger partial charge in [0.05, 0.1) is 12.2 Å². The van der Waals surface area contributed by atoms with Crippen LogP contribution in [0.3, 0.4) is 0 Å². The molecule has 0 saturated heterocycles. The fraction of sp³-hybridized carbons (Fsp3) is 0.200. The van der Waals surface area contributed by atoms with Crippen LogP contribution in [0.4, 0.5) is 0 Å². The van der Waals surface area contributed by atoms with Gasteiger partial charge < -0.3 is 10.3 Å². The highest BCUT2D eigenvalue weighted by atomic mass is 14.9. The molecule has 0 unspecified atom stereocenters. The molecule has 0 spiro atoms. The van der Waals surface area contributed by atoms with Gasteiger partial charge in [0.25, 0.3) is 0 Å². The van der Waals surface area contributed by atoms with Crippen molar-refractivity contribution in [1.29, 1.82) is 0 Å². The van der Waals surface area contributed by atoms with E-state index in [4.69, 9.17) is 0 Å². The van der Waals surface area contributed by atoms with E-state index in [0.29, 0.717) is 6.54 Å². The quantitative estimate of drug-likeness (QED) is 0.760. The van der Waals surface area contributed by atoms with Crippen molar-refractivity contribution < 1.29 is 0 Å². The number of hydrogen-bond acceptors (Lipinski definition) is 3. The summed E-state index contributed by atoms with van der Waals surface area (Å²) in [5.74, 6) is 0.811. The maximum Gasteiger partial charge on any atom is 0.142 e. The number of nitrogens with one attached hydrogen (secondary N) is 2. The van der Waals surface area contributed by atoms with Crippen molar-refractivity contribution >= 4 is 0 Å². The summed E-state index contributed by atoms with van der Waals surface area (Å²) in [5, 5.41) is 3.02. The highest BCUT2D eigenvalue weighted by Gasteiger charge is 2.00. The maximum absolute atomic E-state index is 4.41. The lowest BCUT2D eigenvalue weighted by atomic mass is 10.2. The Hall–Kier alpha value is -1.68. The van der Waals surface area contributed by atoms with Gasteiger partial charge in [-0.3, -0.25) is 0 Å². The minimum absolute atomic E-state index is 0.693. The minimum atomic E-state index is 0.693. The first-order valence-electron chi connectivity index (χ1n) is 4.50. The molecule has 0 aliphatic rings. The zero-order valence-electron chi connectivity index (χ0n) is 7.99. The normalized spacial score (nSPS) is 10.4. The standard InChI is InChI=1S/C10H12N4/c1-11-7-10-13-5-3-9(14-10)8-2-4-12-6-8/h2-6,11-12H,7H2,1H3. The van der Waals surface area contributed by atoms with Crippen molar-refractivity contribution in [2.75, 3.05) is 7.05 Å². The topological polar surface area (TPSA) is 53.6 Å². The lowest BCUT2D eigenvalue weighted by Crippen LogP contribution is -2.08. The van der Waals surface area contributed by atoms with Crippen LogP contribution in [-0.4, -0.2) is 22.0 Å². The zero-order chi connectivity index (χ0) is 9.80. The molecule has 0 bridgehead atoms. The molecule has 0 amide bonds. The van der Waals surface area contributed by atoms with Crippen LogP contribution >= 0.6 is 0 Å². The predicted molar refractivity (Wildman–Crippen MR) is 54.6 cm³/mol. The SMILES string of the molecule is CNCc1nccc(-c2cc[nH]c2)n1.